The van der Waals surface area contributed by atoms with E-state index in [1.165, 1.54) is 6.20 Å². The molecule has 1 aromatic rings. The second kappa shape index (κ2) is 9.04. The maximum Gasteiger partial charge on any atom is 0.219 e. The lowest BCUT2D eigenvalue weighted by Crippen LogP contribution is -2.50. The van der Waals surface area contributed by atoms with Crippen LogP contribution >= 0.6 is 0 Å². The number of amides is 1. The first-order chi connectivity index (χ1) is 11.6. The van der Waals surface area contributed by atoms with Crippen molar-refractivity contribution < 1.29 is 9.53 Å². The topological polar surface area (TPSA) is 69.5 Å². The average Bonchev–Trinajstić information content (AvgIpc) is 2.60. The Morgan fingerprint density at radius 2 is 2.21 bits per heavy atom. The smallest absolute Gasteiger partial charge is 0.219 e. The molecule has 1 saturated heterocycles. The van der Waals surface area contributed by atoms with Gasteiger partial charge >= 0.3 is 0 Å². The number of rotatable bonds is 7. The highest BCUT2D eigenvalue weighted by Crippen LogP contribution is 2.14. The van der Waals surface area contributed by atoms with Crippen LogP contribution in [0.1, 0.15) is 25.3 Å². The molecule has 6 nitrogen and oxygen atoms in total. The van der Waals surface area contributed by atoms with Crippen LogP contribution in [0.25, 0.3) is 0 Å². The molecule has 1 aliphatic rings. The largest absolute Gasteiger partial charge is 0.473 e. The van der Waals surface area contributed by atoms with E-state index in [2.05, 4.69) is 16.5 Å². The van der Waals surface area contributed by atoms with Crippen molar-refractivity contribution in [2.75, 3.05) is 32.7 Å². The number of nitrogens with zero attached hydrogens (tertiary/aromatic N) is 4. The summed E-state index contributed by atoms with van der Waals surface area (Å²) in [6.45, 7) is 9.42. The van der Waals surface area contributed by atoms with Gasteiger partial charge in [0.1, 0.15) is 12.2 Å². The minimum Gasteiger partial charge on any atom is -0.473 e. The van der Waals surface area contributed by atoms with Crippen molar-refractivity contribution >= 4 is 5.91 Å². The van der Waals surface area contributed by atoms with E-state index in [1.807, 2.05) is 17.0 Å². The summed E-state index contributed by atoms with van der Waals surface area (Å²) in [4.78, 5) is 19.8. The maximum absolute atomic E-state index is 11.4. The number of carbonyl (C=O) groups is 1. The van der Waals surface area contributed by atoms with Crippen LogP contribution in [-0.2, 0) is 4.79 Å². The molecule has 0 spiro atoms. The molecule has 1 amide bonds. The zero-order chi connectivity index (χ0) is 17.4. The summed E-state index contributed by atoms with van der Waals surface area (Å²) in [6.07, 6.45) is 5.14. The zero-order valence-corrected chi connectivity index (χ0v) is 14.1. The fraction of sp³-hybridized carbons (Fsp3) is 0.500. The van der Waals surface area contributed by atoms with Gasteiger partial charge < -0.3 is 9.64 Å². The molecule has 0 saturated carbocycles. The molecule has 24 heavy (non-hydrogen) atoms. The monoisotopic (exact) mass is 328 g/mol. The molecule has 2 rings (SSSR count). The van der Waals surface area contributed by atoms with Crippen LogP contribution in [0.4, 0.5) is 0 Å². The second-order valence-corrected chi connectivity index (χ2v) is 5.91. The molecule has 0 N–H and O–H groups in total. The van der Waals surface area contributed by atoms with E-state index < -0.39 is 0 Å². The third kappa shape index (κ3) is 5.36. The Morgan fingerprint density at radius 3 is 2.75 bits per heavy atom. The lowest BCUT2D eigenvalue weighted by atomic mass is 10.1. The molecular formula is C18H24N4O2. The average molecular weight is 328 g/mol. The van der Waals surface area contributed by atoms with E-state index in [0.29, 0.717) is 11.4 Å². The first-order valence-electron chi connectivity index (χ1n) is 8.24. The Hall–Kier alpha value is -2.39. The van der Waals surface area contributed by atoms with E-state index in [-0.39, 0.29) is 12.0 Å². The van der Waals surface area contributed by atoms with Gasteiger partial charge in [0.2, 0.25) is 11.8 Å². The lowest BCUT2D eigenvalue weighted by molar-refractivity contribution is -0.130. The molecule has 1 atom stereocenters. The van der Waals surface area contributed by atoms with Gasteiger partial charge in [-0.2, -0.15) is 5.26 Å². The molecule has 2 heterocycles. The van der Waals surface area contributed by atoms with Crippen molar-refractivity contribution in [3.8, 4) is 11.9 Å². The van der Waals surface area contributed by atoms with E-state index in [9.17, 15) is 4.79 Å². The van der Waals surface area contributed by atoms with Gasteiger partial charge in [0.05, 0.1) is 5.56 Å². The van der Waals surface area contributed by atoms with Gasteiger partial charge in [-0.05, 0) is 18.9 Å². The number of hydrogen-bond acceptors (Lipinski definition) is 5. The van der Waals surface area contributed by atoms with Crippen molar-refractivity contribution in [3.05, 3.63) is 36.5 Å². The predicted octanol–water partition coefficient (Wildman–Crippen LogP) is 1.83. The van der Waals surface area contributed by atoms with Crippen LogP contribution in [0.2, 0.25) is 0 Å². The summed E-state index contributed by atoms with van der Waals surface area (Å²) in [5, 5.41) is 8.83. The minimum atomic E-state index is 0.00677. The third-order valence-electron chi connectivity index (χ3n) is 4.13. The summed E-state index contributed by atoms with van der Waals surface area (Å²) in [7, 11) is 0. The number of hydrogen-bond donors (Lipinski definition) is 0. The molecule has 128 valence electrons. The Morgan fingerprint density at radius 1 is 1.46 bits per heavy atom. The van der Waals surface area contributed by atoms with Gasteiger partial charge in [0.25, 0.3) is 0 Å². The maximum atomic E-state index is 11.4. The van der Waals surface area contributed by atoms with Crippen LogP contribution in [0.3, 0.4) is 0 Å². The molecule has 1 fully saturated rings. The van der Waals surface area contributed by atoms with E-state index in [0.717, 1.165) is 45.6 Å². The van der Waals surface area contributed by atoms with Crippen molar-refractivity contribution in [1.82, 2.24) is 14.8 Å². The molecule has 0 radical (unpaired) electrons. The summed E-state index contributed by atoms with van der Waals surface area (Å²) in [5.74, 6) is 0.668. The van der Waals surface area contributed by atoms with Gasteiger partial charge in [0, 0.05) is 51.9 Å². The fourth-order valence-electron chi connectivity index (χ4n) is 2.71. The molecule has 1 unspecified atom stereocenters. The number of nitriles is 1. The number of allylic oxidation sites excluding steroid dienone is 1. The number of piperazine rings is 1. The van der Waals surface area contributed by atoms with Crippen LogP contribution in [0.15, 0.2) is 31.0 Å². The van der Waals surface area contributed by atoms with Gasteiger partial charge in [-0.15, -0.1) is 6.58 Å². The number of aromatic nitrogens is 1. The summed E-state index contributed by atoms with van der Waals surface area (Å²) >= 11 is 0. The van der Waals surface area contributed by atoms with Crippen molar-refractivity contribution in [2.45, 2.75) is 25.9 Å². The Bertz CT molecular complexity index is 586. The summed E-state index contributed by atoms with van der Waals surface area (Å²) in [5.41, 5.74) is 0.519. The van der Waals surface area contributed by atoms with Crippen molar-refractivity contribution in [1.29, 1.82) is 5.26 Å². The van der Waals surface area contributed by atoms with E-state index >= 15 is 0 Å². The fourth-order valence-corrected chi connectivity index (χ4v) is 2.71. The van der Waals surface area contributed by atoms with Crippen molar-refractivity contribution in [3.63, 3.8) is 0 Å². The number of ether oxygens (including phenoxy) is 1. The van der Waals surface area contributed by atoms with Crippen LogP contribution in [0.5, 0.6) is 5.88 Å². The van der Waals surface area contributed by atoms with Gasteiger partial charge in [-0.25, -0.2) is 4.98 Å². The predicted molar refractivity (Wildman–Crippen MR) is 91.5 cm³/mol. The van der Waals surface area contributed by atoms with Crippen LogP contribution in [0, 0.1) is 11.3 Å². The molecule has 1 aromatic heterocycles. The standard InChI is InChI=1S/C18H24N4O2/c1-3-4-5-17(24-18-7-6-16(12-19)13-20-18)14-21-8-10-22(11-9-21)15(2)23/h3,6-7,13,17H,1,4-5,8-11,14H2,2H3. The highest BCUT2D eigenvalue weighted by atomic mass is 16.5. The van der Waals surface area contributed by atoms with E-state index in [1.54, 1.807) is 19.1 Å². The number of carbonyl (C=O) groups excluding carboxylic acids is 1. The van der Waals surface area contributed by atoms with Crippen LogP contribution < -0.4 is 4.74 Å². The zero-order valence-electron chi connectivity index (χ0n) is 14.1. The molecular weight excluding hydrogens is 304 g/mol. The molecule has 0 bridgehead atoms. The summed E-state index contributed by atoms with van der Waals surface area (Å²) in [6, 6.07) is 5.49. The Kier molecular flexibility index (Phi) is 6.76. The highest BCUT2D eigenvalue weighted by Gasteiger charge is 2.22. The number of pyridine rings is 1. The minimum absolute atomic E-state index is 0.00677. The van der Waals surface area contributed by atoms with Crippen LogP contribution in [-0.4, -0.2) is 59.5 Å². The molecule has 1 aliphatic heterocycles. The van der Waals surface area contributed by atoms with Gasteiger partial charge in [-0.3, -0.25) is 9.69 Å². The Balaban J connectivity index is 1.91. The van der Waals surface area contributed by atoms with E-state index in [4.69, 9.17) is 10.00 Å². The lowest BCUT2D eigenvalue weighted by Gasteiger charge is -2.35. The highest BCUT2D eigenvalue weighted by molar-refractivity contribution is 5.73. The summed E-state index contributed by atoms with van der Waals surface area (Å²) < 4.78 is 6.00. The molecule has 6 heteroatoms. The first-order valence-corrected chi connectivity index (χ1v) is 8.24. The van der Waals surface area contributed by atoms with Crippen molar-refractivity contribution in [2.24, 2.45) is 0 Å². The quantitative estimate of drug-likeness (QED) is 0.714. The van der Waals surface area contributed by atoms with Gasteiger partial charge in [-0.1, -0.05) is 6.08 Å². The normalized spacial score (nSPS) is 16.2. The molecule has 0 aliphatic carbocycles. The first kappa shape index (κ1) is 18.0. The third-order valence-corrected chi connectivity index (χ3v) is 4.13. The second-order valence-electron chi connectivity index (χ2n) is 5.91. The SMILES string of the molecule is C=CCCC(CN1CCN(C(C)=O)CC1)Oc1ccc(C#N)cn1. The Labute approximate surface area is 143 Å². The molecule has 0 aromatic carbocycles. The van der Waals surface area contributed by atoms with Gasteiger partial charge in [0.15, 0.2) is 0 Å².